The minimum absolute atomic E-state index is 0.118. The fraction of sp³-hybridized carbons (Fsp3) is 0.375. The van der Waals surface area contributed by atoms with Gasteiger partial charge in [-0.2, -0.15) is 0 Å². The second-order valence-electron chi connectivity index (χ2n) is 8.34. The molecular formula is C24H32N4O5. The molecule has 3 amide bonds. The van der Waals surface area contributed by atoms with Crippen molar-refractivity contribution in [2.75, 3.05) is 0 Å². The highest BCUT2D eigenvalue weighted by molar-refractivity contribution is 5.93. The molecule has 0 radical (unpaired) electrons. The van der Waals surface area contributed by atoms with Gasteiger partial charge in [0.1, 0.15) is 12.1 Å². The van der Waals surface area contributed by atoms with Gasteiger partial charge in [-0.15, -0.1) is 0 Å². The topological polar surface area (TPSA) is 154 Å². The smallest absolute Gasteiger partial charge is 0.274 e. The van der Waals surface area contributed by atoms with Crippen LogP contribution in [0.15, 0.2) is 54.6 Å². The summed E-state index contributed by atoms with van der Waals surface area (Å²) in [5.41, 5.74) is 9.49. The summed E-state index contributed by atoms with van der Waals surface area (Å²) < 4.78 is 0. The zero-order chi connectivity index (χ0) is 24.4. The Morgan fingerprint density at radius 3 is 2.15 bits per heavy atom. The molecule has 2 aromatic rings. The number of hydrogen-bond donors (Lipinski definition) is 6. The van der Waals surface area contributed by atoms with Crippen LogP contribution in [-0.2, 0) is 22.6 Å². The van der Waals surface area contributed by atoms with E-state index >= 15 is 0 Å². The number of carbonyl (C=O) groups is 3. The molecule has 9 nitrogen and oxygen atoms in total. The van der Waals surface area contributed by atoms with Gasteiger partial charge >= 0.3 is 0 Å². The van der Waals surface area contributed by atoms with Crippen molar-refractivity contribution in [2.24, 2.45) is 11.7 Å². The van der Waals surface area contributed by atoms with E-state index in [0.29, 0.717) is 12.8 Å². The largest absolute Gasteiger partial charge is 0.382 e. The van der Waals surface area contributed by atoms with Gasteiger partial charge in [-0.3, -0.25) is 19.6 Å². The normalized spacial score (nSPS) is 13.6. The van der Waals surface area contributed by atoms with Crippen LogP contribution < -0.4 is 21.8 Å². The Bertz CT molecular complexity index is 918. The Morgan fingerprint density at radius 2 is 1.58 bits per heavy atom. The number of amides is 3. The number of rotatable bonds is 11. The second kappa shape index (κ2) is 12.7. The summed E-state index contributed by atoms with van der Waals surface area (Å²) in [7, 11) is 0. The standard InChI is InChI=1S/C24H32N4O5/c1-15(2)12-20(23(31)26-14-17-8-10-18(11-9-17)22(30)28-33)27-24(32)21(29)19(25)13-16-6-4-3-5-7-16/h3-11,15,19-21,29,33H,12-14,25H2,1-2H3,(H,26,31)(H,27,32)(H,28,30)/t19-,20+,21+/m1/s1. The highest BCUT2D eigenvalue weighted by Gasteiger charge is 2.28. The lowest BCUT2D eigenvalue weighted by Gasteiger charge is -2.24. The van der Waals surface area contributed by atoms with Crippen LogP contribution in [0.3, 0.4) is 0 Å². The van der Waals surface area contributed by atoms with Crippen LogP contribution in [0.25, 0.3) is 0 Å². The van der Waals surface area contributed by atoms with Crippen LogP contribution in [0.4, 0.5) is 0 Å². The molecule has 178 valence electrons. The fourth-order valence-corrected chi connectivity index (χ4v) is 3.30. The van der Waals surface area contributed by atoms with Crippen molar-refractivity contribution in [3.8, 4) is 0 Å². The maximum absolute atomic E-state index is 12.8. The first-order valence-corrected chi connectivity index (χ1v) is 10.8. The first kappa shape index (κ1) is 26.0. The van der Waals surface area contributed by atoms with E-state index in [0.717, 1.165) is 11.1 Å². The predicted octanol–water partition coefficient (Wildman–Crippen LogP) is 0.884. The molecule has 0 heterocycles. The quantitative estimate of drug-likeness (QED) is 0.218. The molecular weight excluding hydrogens is 424 g/mol. The number of benzene rings is 2. The van der Waals surface area contributed by atoms with E-state index in [2.05, 4.69) is 10.6 Å². The van der Waals surface area contributed by atoms with Gasteiger partial charge in [-0.05, 0) is 42.0 Å². The van der Waals surface area contributed by atoms with Crippen molar-refractivity contribution in [1.82, 2.24) is 16.1 Å². The van der Waals surface area contributed by atoms with Crippen molar-refractivity contribution < 1.29 is 24.7 Å². The third-order valence-electron chi connectivity index (χ3n) is 5.11. The Hall–Kier alpha value is -3.27. The first-order chi connectivity index (χ1) is 15.7. The number of aliphatic hydroxyl groups excluding tert-OH is 1. The highest BCUT2D eigenvalue weighted by atomic mass is 16.5. The summed E-state index contributed by atoms with van der Waals surface area (Å²) in [5, 5.41) is 24.4. The van der Waals surface area contributed by atoms with Gasteiger partial charge in [-0.25, -0.2) is 5.48 Å². The third kappa shape index (κ3) is 8.30. The van der Waals surface area contributed by atoms with E-state index in [-0.39, 0.29) is 18.0 Å². The van der Waals surface area contributed by atoms with E-state index in [4.69, 9.17) is 10.9 Å². The van der Waals surface area contributed by atoms with Crippen molar-refractivity contribution in [3.63, 3.8) is 0 Å². The molecule has 2 aromatic carbocycles. The summed E-state index contributed by atoms with van der Waals surface area (Å²) in [6.45, 7) is 4.03. The second-order valence-corrected chi connectivity index (χ2v) is 8.34. The van der Waals surface area contributed by atoms with Gasteiger partial charge in [0, 0.05) is 18.2 Å². The Balaban J connectivity index is 1.95. The molecule has 0 bridgehead atoms. The number of nitrogens with two attached hydrogens (primary N) is 1. The molecule has 0 aromatic heterocycles. The first-order valence-electron chi connectivity index (χ1n) is 10.8. The zero-order valence-corrected chi connectivity index (χ0v) is 18.8. The molecule has 2 rings (SSSR count). The van der Waals surface area contributed by atoms with E-state index in [1.54, 1.807) is 17.6 Å². The van der Waals surface area contributed by atoms with Crippen molar-refractivity contribution in [2.45, 2.75) is 51.4 Å². The van der Waals surface area contributed by atoms with Crippen LogP contribution in [0, 0.1) is 5.92 Å². The average molecular weight is 457 g/mol. The van der Waals surface area contributed by atoms with Gasteiger partial charge in [0.05, 0.1) is 0 Å². The molecule has 0 unspecified atom stereocenters. The number of hydroxylamine groups is 1. The van der Waals surface area contributed by atoms with Crippen LogP contribution in [0.5, 0.6) is 0 Å². The molecule has 0 aliphatic heterocycles. The minimum atomic E-state index is -1.46. The monoisotopic (exact) mass is 456 g/mol. The summed E-state index contributed by atoms with van der Waals surface area (Å²) in [6.07, 6.45) is -0.757. The number of carbonyl (C=O) groups excluding carboxylic acids is 3. The average Bonchev–Trinajstić information content (AvgIpc) is 2.81. The van der Waals surface area contributed by atoms with Crippen LogP contribution in [-0.4, -0.2) is 46.2 Å². The molecule has 33 heavy (non-hydrogen) atoms. The SMILES string of the molecule is CC(C)C[C@H](NC(=O)[C@@H](O)[C@H](N)Cc1ccccc1)C(=O)NCc1ccc(C(=O)NO)cc1. The van der Waals surface area contributed by atoms with Crippen LogP contribution in [0.1, 0.15) is 41.8 Å². The van der Waals surface area contributed by atoms with E-state index in [1.807, 2.05) is 44.2 Å². The molecule has 3 atom stereocenters. The Labute approximate surface area is 193 Å². The van der Waals surface area contributed by atoms with Crippen LogP contribution >= 0.6 is 0 Å². The molecule has 0 saturated heterocycles. The predicted molar refractivity (Wildman–Crippen MR) is 123 cm³/mol. The van der Waals surface area contributed by atoms with Gasteiger partial charge in [-0.1, -0.05) is 56.3 Å². The van der Waals surface area contributed by atoms with E-state index < -0.39 is 35.9 Å². The maximum Gasteiger partial charge on any atom is 0.274 e. The van der Waals surface area contributed by atoms with E-state index in [1.165, 1.54) is 12.1 Å². The number of aliphatic hydroxyl groups is 1. The number of hydrogen-bond acceptors (Lipinski definition) is 6. The van der Waals surface area contributed by atoms with Crippen molar-refractivity contribution >= 4 is 17.7 Å². The maximum atomic E-state index is 12.8. The van der Waals surface area contributed by atoms with Crippen molar-refractivity contribution in [1.29, 1.82) is 0 Å². The van der Waals surface area contributed by atoms with Crippen molar-refractivity contribution in [3.05, 3.63) is 71.3 Å². The summed E-state index contributed by atoms with van der Waals surface area (Å²) >= 11 is 0. The van der Waals surface area contributed by atoms with Crippen LogP contribution in [0.2, 0.25) is 0 Å². The Kier molecular flexibility index (Phi) is 9.99. The summed E-state index contributed by atoms with van der Waals surface area (Å²) in [5.74, 6) is -1.60. The lowest BCUT2D eigenvalue weighted by atomic mass is 9.99. The Morgan fingerprint density at radius 1 is 0.939 bits per heavy atom. The lowest BCUT2D eigenvalue weighted by Crippen LogP contribution is -2.54. The summed E-state index contributed by atoms with van der Waals surface area (Å²) in [4.78, 5) is 36.7. The molecule has 0 aliphatic rings. The van der Waals surface area contributed by atoms with Gasteiger partial charge < -0.3 is 21.5 Å². The number of nitrogens with one attached hydrogen (secondary N) is 3. The zero-order valence-electron chi connectivity index (χ0n) is 18.8. The lowest BCUT2D eigenvalue weighted by molar-refractivity contribution is -0.135. The fourth-order valence-electron chi connectivity index (χ4n) is 3.30. The summed E-state index contributed by atoms with van der Waals surface area (Å²) in [6, 6.07) is 14.0. The molecule has 7 N–H and O–H groups in total. The minimum Gasteiger partial charge on any atom is -0.382 e. The van der Waals surface area contributed by atoms with Gasteiger partial charge in [0.15, 0.2) is 0 Å². The third-order valence-corrected chi connectivity index (χ3v) is 5.11. The van der Waals surface area contributed by atoms with Gasteiger partial charge in [0.25, 0.3) is 11.8 Å². The molecule has 0 saturated carbocycles. The molecule has 9 heteroatoms. The molecule has 0 fully saturated rings. The van der Waals surface area contributed by atoms with Gasteiger partial charge in [0.2, 0.25) is 5.91 Å². The highest BCUT2D eigenvalue weighted by Crippen LogP contribution is 2.09. The molecule has 0 spiro atoms. The molecule has 0 aliphatic carbocycles. The van der Waals surface area contributed by atoms with E-state index in [9.17, 15) is 19.5 Å².